The smallest absolute Gasteiger partial charge is 0.220 e. The second kappa shape index (κ2) is 7.93. The summed E-state index contributed by atoms with van der Waals surface area (Å²) in [6.07, 6.45) is 6.21. The van der Waals surface area contributed by atoms with Gasteiger partial charge in [0.15, 0.2) is 0 Å². The quantitative estimate of drug-likeness (QED) is 0.843. The molecule has 0 bridgehead atoms. The number of hydrogen-bond acceptors (Lipinski definition) is 3. The van der Waals surface area contributed by atoms with Crippen molar-refractivity contribution in [2.75, 3.05) is 6.54 Å². The Morgan fingerprint density at radius 2 is 2.17 bits per heavy atom. The molecule has 0 saturated heterocycles. The molecule has 3 nitrogen and oxygen atoms in total. The maximum atomic E-state index is 12.0. The zero-order valence-electron chi connectivity index (χ0n) is 13.5. The maximum Gasteiger partial charge on any atom is 0.220 e. The number of aryl methyl sites for hydroxylation is 1. The minimum atomic E-state index is -0.169. The first-order valence-corrected chi connectivity index (χ1v) is 9.50. The first-order chi connectivity index (χ1) is 11.2. The number of carbonyl (C=O) groups excluding carboxylic acids is 1. The van der Waals surface area contributed by atoms with E-state index in [-0.39, 0.29) is 12.0 Å². The fourth-order valence-corrected chi connectivity index (χ4v) is 4.46. The lowest BCUT2D eigenvalue weighted by Gasteiger charge is -2.25. The molecule has 1 amide bonds. The summed E-state index contributed by atoms with van der Waals surface area (Å²) in [5.41, 5.74) is 1.36. The van der Waals surface area contributed by atoms with Crippen LogP contribution in [0.1, 0.15) is 44.1 Å². The van der Waals surface area contributed by atoms with E-state index < -0.39 is 0 Å². The van der Waals surface area contributed by atoms with Gasteiger partial charge >= 0.3 is 0 Å². The Morgan fingerprint density at radius 3 is 3.04 bits per heavy atom. The number of aliphatic hydroxyl groups excluding tert-OH is 1. The second-order valence-corrected chi connectivity index (χ2v) is 7.51. The van der Waals surface area contributed by atoms with Crippen LogP contribution < -0.4 is 5.32 Å². The highest BCUT2D eigenvalue weighted by Crippen LogP contribution is 2.27. The normalized spacial score (nSPS) is 21.4. The summed E-state index contributed by atoms with van der Waals surface area (Å²) < 4.78 is 1.32. The monoisotopic (exact) mass is 331 g/mol. The molecular formula is C19H25NO2S. The molecule has 0 spiro atoms. The van der Waals surface area contributed by atoms with Crippen molar-refractivity contribution in [1.82, 2.24) is 5.32 Å². The van der Waals surface area contributed by atoms with Crippen LogP contribution in [-0.2, 0) is 11.2 Å². The summed E-state index contributed by atoms with van der Waals surface area (Å²) in [5.74, 6) is 0.591. The second-order valence-electron chi connectivity index (χ2n) is 6.60. The molecular weight excluding hydrogens is 306 g/mol. The molecule has 2 atom stereocenters. The van der Waals surface area contributed by atoms with E-state index in [0.717, 1.165) is 45.1 Å². The average molecular weight is 331 g/mol. The molecule has 0 aliphatic heterocycles. The third kappa shape index (κ3) is 4.55. The number of benzene rings is 1. The van der Waals surface area contributed by atoms with Gasteiger partial charge < -0.3 is 10.4 Å². The van der Waals surface area contributed by atoms with Crippen molar-refractivity contribution in [2.45, 2.75) is 51.0 Å². The number of aliphatic hydroxyl groups is 1. The SMILES string of the molecule is O=C(CCCc1csc2ccccc12)NCC1CCCC(O)C1. The van der Waals surface area contributed by atoms with Gasteiger partial charge in [0.05, 0.1) is 6.10 Å². The van der Waals surface area contributed by atoms with Crippen LogP contribution in [0.3, 0.4) is 0 Å². The molecule has 1 aliphatic carbocycles. The lowest BCUT2D eigenvalue weighted by atomic mass is 9.87. The summed E-state index contributed by atoms with van der Waals surface area (Å²) in [7, 11) is 0. The highest BCUT2D eigenvalue weighted by molar-refractivity contribution is 7.17. The zero-order valence-corrected chi connectivity index (χ0v) is 14.3. The fourth-order valence-electron chi connectivity index (χ4n) is 3.46. The van der Waals surface area contributed by atoms with Gasteiger partial charge in [0.1, 0.15) is 0 Å². The van der Waals surface area contributed by atoms with E-state index in [4.69, 9.17) is 0 Å². The first-order valence-electron chi connectivity index (χ1n) is 8.62. The van der Waals surface area contributed by atoms with Crippen LogP contribution in [0.2, 0.25) is 0 Å². The van der Waals surface area contributed by atoms with Crippen LogP contribution in [0.4, 0.5) is 0 Å². The zero-order chi connectivity index (χ0) is 16.1. The van der Waals surface area contributed by atoms with Crippen molar-refractivity contribution in [1.29, 1.82) is 0 Å². The fraction of sp³-hybridized carbons (Fsp3) is 0.526. The number of nitrogens with one attached hydrogen (secondary N) is 1. The standard InChI is InChI=1S/C19H25NO2S/c21-16-7-3-5-14(11-16)12-20-19(22)10-4-6-15-13-23-18-9-2-1-8-17(15)18/h1-2,8-9,13-14,16,21H,3-7,10-12H2,(H,20,22). The Balaban J connectivity index is 1.39. The van der Waals surface area contributed by atoms with Gasteiger partial charge in [-0.3, -0.25) is 4.79 Å². The number of amides is 1. The van der Waals surface area contributed by atoms with E-state index in [1.165, 1.54) is 15.6 Å². The van der Waals surface area contributed by atoms with Gasteiger partial charge in [-0.25, -0.2) is 0 Å². The van der Waals surface area contributed by atoms with Crippen LogP contribution in [0.25, 0.3) is 10.1 Å². The molecule has 0 radical (unpaired) electrons. The van der Waals surface area contributed by atoms with Gasteiger partial charge in [0, 0.05) is 17.7 Å². The van der Waals surface area contributed by atoms with E-state index in [9.17, 15) is 9.90 Å². The lowest BCUT2D eigenvalue weighted by molar-refractivity contribution is -0.121. The topological polar surface area (TPSA) is 49.3 Å². The van der Waals surface area contributed by atoms with Crippen molar-refractivity contribution < 1.29 is 9.90 Å². The Kier molecular flexibility index (Phi) is 5.68. The summed E-state index contributed by atoms with van der Waals surface area (Å²) >= 11 is 1.78. The van der Waals surface area contributed by atoms with E-state index in [1.807, 2.05) is 0 Å². The number of rotatable bonds is 6. The Morgan fingerprint density at radius 1 is 1.30 bits per heavy atom. The van der Waals surface area contributed by atoms with E-state index in [2.05, 4.69) is 35.0 Å². The highest BCUT2D eigenvalue weighted by Gasteiger charge is 2.20. The molecule has 23 heavy (non-hydrogen) atoms. The molecule has 3 rings (SSSR count). The van der Waals surface area contributed by atoms with Crippen molar-refractivity contribution in [3.63, 3.8) is 0 Å². The summed E-state index contributed by atoms with van der Waals surface area (Å²) in [5, 5.41) is 16.3. The summed E-state index contributed by atoms with van der Waals surface area (Å²) in [4.78, 5) is 12.0. The highest BCUT2D eigenvalue weighted by atomic mass is 32.1. The Hall–Kier alpha value is -1.39. The molecule has 4 heteroatoms. The number of fused-ring (bicyclic) bond motifs is 1. The summed E-state index contributed by atoms with van der Waals surface area (Å²) in [6.45, 7) is 0.720. The van der Waals surface area contributed by atoms with Crippen LogP contribution in [-0.4, -0.2) is 23.7 Å². The van der Waals surface area contributed by atoms with Crippen molar-refractivity contribution >= 4 is 27.3 Å². The average Bonchev–Trinajstić information content (AvgIpc) is 2.97. The molecule has 1 aliphatic rings. The van der Waals surface area contributed by atoms with Gasteiger partial charge in [0.2, 0.25) is 5.91 Å². The van der Waals surface area contributed by atoms with Gasteiger partial charge in [-0.15, -0.1) is 11.3 Å². The molecule has 1 saturated carbocycles. The minimum Gasteiger partial charge on any atom is -0.393 e. The first kappa shape index (κ1) is 16.5. The molecule has 1 fully saturated rings. The largest absolute Gasteiger partial charge is 0.393 e. The third-order valence-corrected chi connectivity index (χ3v) is 5.77. The molecule has 2 N–H and O–H groups in total. The van der Waals surface area contributed by atoms with Gasteiger partial charge in [0.25, 0.3) is 0 Å². The van der Waals surface area contributed by atoms with Gasteiger partial charge in [-0.2, -0.15) is 0 Å². The number of hydrogen-bond donors (Lipinski definition) is 2. The molecule has 2 aromatic rings. The Labute approximate surface area is 141 Å². The predicted octanol–water partition coefficient (Wildman–Crippen LogP) is 3.89. The van der Waals surface area contributed by atoms with Crippen molar-refractivity contribution in [3.05, 3.63) is 35.2 Å². The van der Waals surface area contributed by atoms with E-state index in [0.29, 0.717) is 12.3 Å². The number of carbonyl (C=O) groups is 1. The molecule has 1 aromatic carbocycles. The van der Waals surface area contributed by atoms with Crippen LogP contribution in [0.15, 0.2) is 29.6 Å². The van der Waals surface area contributed by atoms with E-state index in [1.54, 1.807) is 11.3 Å². The Bertz CT molecular complexity index is 652. The molecule has 124 valence electrons. The van der Waals surface area contributed by atoms with Crippen molar-refractivity contribution in [3.8, 4) is 0 Å². The minimum absolute atomic E-state index is 0.143. The van der Waals surface area contributed by atoms with Crippen LogP contribution in [0, 0.1) is 5.92 Å². The summed E-state index contributed by atoms with van der Waals surface area (Å²) in [6, 6.07) is 8.45. The molecule has 2 unspecified atom stereocenters. The van der Waals surface area contributed by atoms with Gasteiger partial charge in [-0.05, 0) is 60.4 Å². The molecule has 1 heterocycles. The van der Waals surface area contributed by atoms with Crippen LogP contribution >= 0.6 is 11.3 Å². The van der Waals surface area contributed by atoms with Gasteiger partial charge in [-0.1, -0.05) is 24.6 Å². The van der Waals surface area contributed by atoms with Crippen molar-refractivity contribution in [2.24, 2.45) is 5.92 Å². The number of thiophene rings is 1. The third-order valence-electron chi connectivity index (χ3n) is 4.75. The maximum absolute atomic E-state index is 12.0. The predicted molar refractivity (Wildman–Crippen MR) is 95.7 cm³/mol. The van der Waals surface area contributed by atoms with Crippen LogP contribution in [0.5, 0.6) is 0 Å². The van der Waals surface area contributed by atoms with E-state index >= 15 is 0 Å². The molecule has 1 aromatic heterocycles. The lowest BCUT2D eigenvalue weighted by Crippen LogP contribution is -2.32.